The quantitative estimate of drug-likeness (QED) is 0.582. The van der Waals surface area contributed by atoms with Crippen LogP contribution in [0.3, 0.4) is 0 Å². The number of anilines is 2. The smallest absolute Gasteiger partial charge is 0.242 e. The Kier molecular flexibility index (Phi) is 4.78. The number of halogens is 2. The Morgan fingerprint density at radius 1 is 1.30 bits per heavy atom. The molecule has 0 saturated heterocycles. The third kappa shape index (κ3) is 3.37. The van der Waals surface area contributed by atoms with E-state index >= 15 is 0 Å². The molecule has 0 aliphatic carbocycles. The van der Waals surface area contributed by atoms with Gasteiger partial charge in [0.25, 0.3) is 0 Å². The lowest BCUT2D eigenvalue weighted by atomic mass is 10.3. The van der Waals surface area contributed by atoms with E-state index < -0.39 is 10.0 Å². The molecule has 0 aliphatic heterocycles. The van der Waals surface area contributed by atoms with Crippen LogP contribution in [-0.4, -0.2) is 25.4 Å². The molecule has 2 N–H and O–H groups in total. The summed E-state index contributed by atoms with van der Waals surface area (Å²) in [6.07, 6.45) is 1.55. The van der Waals surface area contributed by atoms with Crippen molar-refractivity contribution in [2.24, 2.45) is 0 Å². The van der Waals surface area contributed by atoms with Crippen molar-refractivity contribution in [3.63, 3.8) is 0 Å². The zero-order valence-corrected chi connectivity index (χ0v) is 14.0. The number of aromatic nitrogens is 2. The molecule has 0 amide bonds. The summed E-state index contributed by atoms with van der Waals surface area (Å²) in [5.41, 5.74) is 0.412. The summed E-state index contributed by atoms with van der Waals surface area (Å²) < 4.78 is 26.9. The summed E-state index contributed by atoms with van der Waals surface area (Å²) >= 11 is 7.78. The van der Waals surface area contributed by atoms with Crippen LogP contribution in [0.4, 0.5) is 11.5 Å². The van der Waals surface area contributed by atoms with E-state index in [1.807, 2.05) is 22.6 Å². The molecule has 0 unspecified atom stereocenters. The number of para-hydroxylation sites is 1. The molecular weight excluding hydrogens is 415 g/mol. The molecule has 0 fully saturated rings. The molecule has 9 heteroatoms. The van der Waals surface area contributed by atoms with Crippen LogP contribution in [0, 0.1) is 3.57 Å². The monoisotopic (exact) mass is 424 g/mol. The van der Waals surface area contributed by atoms with Crippen molar-refractivity contribution in [2.75, 3.05) is 12.4 Å². The van der Waals surface area contributed by atoms with E-state index in [0.29, 0.717) is 11.5 Å². The lowest BCUT2D eigenvalue weighted by Crippen LogP contribution is -2.19. The molecule has 1 aromatic carbocycles. The van der Waals surface area contributed by atoms with Crippen LogP contribution >= 0.6 is 34.2 Å². The first kappa shape index (κ1) is 15.4. The van der Waals surface area contributed by atoms with Crippen LogP contribution in [0.5, 0.6) is 0 Å². The van der Waals surface area contributed by atoms with Gasteiger partial charge in [0, 0.05) is 6.20 Å². The van der Waals surface area contributed by atoms with Gasteiger partial charge in [0.15, 0.2) is 0 Å². The molecule has 0 bridgehead atoms. The number of nitrogens with zero attached hydrogens (tertiary/aromatic N) is 2. The normalized spacial score (nSPS) is 11.3. The molecule has 106 valence electrons. The van der Waals surface area contributed by atoms with Gasteiger partial charge in [-0.25, -0.2) is 18.1 Å². The highest BCUT2D eigenvalue weighted by Crippen LogP contribution is 2.26. The van der Waals surface area contributed by atoms with Gasteiger partial charge in [-0.3, -0.25) is 0 Å². The Labute approximate surface area is 135 Å². The zero-order valence-electron chi connectivity index (χ0n) is 10.3. The van der Waals surface area contributed by atoms with E-state index in [9.17, 15) is 8.42 Å². The maximum absolute atomic E-state index is 12.0. The van der Waals surface area contributed by atoms with E-state index in [4.69, 9.17) is 11.6 Å². The summed E-state index contributed by atoms with van der Waals surface area (Å²) in [6, 6.07) is 6.53. The molecule has 0 atom stereocenters. The van der Waals surface area contributed by atoms with Crippen LogP contribution in [-0.2, 0) is 10.0 Å². The third-order valence-corrected chi connectivity index (χ3v) is 4.86. The van der Waals surface area contributed by atoms with Crippen LogP contribution in [0.15, 0.2) is 35.4 Å². The number of rotatable bonds is 4. The summed E-state index contributed by atoms with van der Waals surface area (Å²) in [4.78, 5) is 8.01. The van der Waals surface area contributed by atoms with Gasteiger partial charge in [-0.15, -0.1) is 0 Å². The van der Waals surface area contributed by atoms with Gasteiger partial charge in [0.05, 0.1) is 9.26 Å². The molecule has 1 aromatic heterocycles. The Morgan fingerprint density at radius 2 is 2.00 bits per heavy atom. The number of sulfonamides is 1. The zero-order chi connectivity index (χ0) is 14.8. The second-order valence-electron chi connectivity index (χ2n) is 3.66. The predicted molar refractivity (Wildman–Crippen MR) is 85.7 cm³/mol. The van der Waals surface area contributed by atoms with Crippen molar-refractivity contribution < 1.29 is 8.42 Å². The van der Waals surface area contributed by atoms with Gasteiger partial charge in [-0.2, -0.15) is 4.98 Å². The second kappa shape index (κ2) is 6.20. The van der Waals surface area contributed by atoms with Gasteiger partial charge in [0.2, 0.25) is 15.3 Å². The van der Waals surface area contributed by atoms with Gasteiger partial charge in [-0.1, -0.05) is 12.1 Å². The molecule has 2 aromatic rings. The SMILES string of the molecule is CNS(=O)(=O)c1ccccc1Nc1nc(Cl)ncc1I. The summed E-state index contributed by atoms with van der Waals surface area (Å²) in [5.74, 6) is 0.448. The standard InChI is InChI=1S/C11H10ClIN4O2S/c1-14-20(18,19)9-5-3-2-4-8(9)16-10-7(13)6-15-11(12)17-10/h2-6,14H,1H3,(H,15,16,17). The Hall–Kier alpha value is -0.970. The Bertz CT molecular complexity index is 739. The highest BCUT2D eigenvalue weighted by atomic mass is 127. The van der Waals surface area contributed by atoms with Gasteiger partial charge in [0.1, 0.15) is 10.7 Å². The number of benzene rings is 1. The minimum atomic E-state index is -3.56. The average Bonchev–Trinajstić information content (AvgIpc) is 2.43. The number of nitrogens with one attached hydrogen (secondary N) is 2. The van der Waals surface area contributed by atoms with Crippen molar-refractivity contribution in [2.45, 2.75) is 4.90 Å². The topological polar surface area (TPSA) is 84.0 Å². The van der Waals surface area contributed by atoms with Crippen LogP contribution in [0.25, 0.3) is 0 Å². The van der Waals surface area contributed by atoms with Crippen LogP contribution in [0.1, 0.15) is 0 Å². The molecular formula is C11H10ClIN4O2S. The first-order chi connectivity index (χ1) is 9.44. The number of hydrogen-bond donors (Lipinski definition) is 2. The molecule has 0 aliphatic rings. The van der Waals surface area contributed by atoms with E-state index in [-0.39, 0.29) is 10.2 Å². The minimum Gasteiger partial charge on any atom is -0.338 e. The van der Waals surface area contributed by atoms with Crippen LogP contribution in [0.2, 0.25) is 5.28 Å². The fourth-order valence-electron chi connectivity index (χ4n) is 1.48. The third-order valence-electron chi connectivity index (χ3n) is 2.41. The van der Waals surface area contributed by atoms with Crippen molar-refractivity contribution in [3.05, 3.63) is 39.3 Å². The highest BCUT2D eigenvalue weighted by Gasteiger charge is 2.17. The largest absolute Gasteiger partial charge is 0.338 e. The minimum absolute atomic E-state index is 0.0851. The van der Waals surface area contributed by atoms with Crippen molar-refractivity contribution in [1.82, 2.24) is 14.7 Å². The molecule has 20 heavy (non-hydrogen) atoms. The maximum atomic E-state index is 12.0. The molecule has 0 radical (unpaired) electrons. The van der Waals surface area contributed by atoms with E-state index in [1.54, 1.807) is 24.4 Å². The first-order valence-corrected chi connectivity index (χ1v) is 8.35. The van der Waals surface area contributed by atoms with Gasteiger partial charge in [-0.05, 0) is 53.4 Å². The number of hydrogen-bond acceptors (Lipinski definition) is 5. The lowest BCUT2D eigenvalue weighted by molar-refractivity contribution is 0.588. The van der Waals surface area contributed by atoms with E-state index in [1.165, 1.54) is 13.1 Å². The van der Waals surface area contributed by atoms with E-state index in [2.05, 4.69) is 20.0 Å². The highest BCUT2D eigenvalue weighted by molar-refractivity contribution is 14.1. The maximum Gasteiger partial charge on any atom is 0.242 e. The summed E-state index contributed by atoms with van der Waals surface area (Å²) in [6.45, 7) is 0. The average molecular weight is 425 g/mol. The van der Waals surface area contributed by atoms with E-state index in [0.717, 1.165) is 3.57 Å². The summed E-state index contributed by atoms with van der Waals surface area (Å²) in [7, 11) is -2.20. The lowest BCUT2D eigenvalue weighted by Gasteiger charge is -2.12. The molecule has 0 saturated carbocycles. The van der Waals surface area contributed by atoms with Crippen molar-refractivity contribution in [3.8, 4) is 0 Å². The van der Waals surface area contributed by atoms with Gasteiger partial charge < -0.3 is 5.32 Å². The Morgan fingerprint density at radius 3 is 2.70 bits per heavy atom. The van der Waals surface area contributed by atoms with Crippen LogP contribution < -0.4 is 10.0 Å². The molecule has 2 rings (SSSR count). The fraction of sp³-hybridized carbons (Fsp3) is 0.0909. The fourth-order valence-corrected chi connectivity index (χ4v) is 2.89. The molecule has 6 nitrogen and oxygen atoms in total. The summed E-state index contributed by atoms with van der Waals surface area (Å²) in [5, 5.41) is 3.04. The van der Waals surface area contributed by atoms with Crippen molar-refractivity contribution >= 4 is 55.7 Å². The predicted octanol–water partition coefficient (Wildman–Crippen LogP) is 2.39. The first-order valence-electron chi connectivity index (χ1n) is 5.41. The van der Waals surface area contributed by atoms with Crippen molar-refractivity contribution in [1.29, 1.82) is 0 Å². The molecule has 1 heterocycles. The second-order valence-corrected chi connectivity index (χ2v) is 7.02. The molecule has 0 spiro atoms. The Balaban J connectivity index is 2.47. The van der Waals surface area contributed by atoms with Gasteiger partial charge >= 0.3 is 0 Å².